The van der Waals surface area contributed by atoms with Crippen LogP contribution in [0.4, 0.5) is 38.3 Å². The van der Waals surface area contributed by atoms with Crippen molar-refractivity contribution >= 4 is 39.2 Å². The molecule has 2 N–H and O–H groups in total. The molecule has 226 valence electrons. The summed E-state index contributed by atoms with van der Waals surface area (Å²) in [6.07, 6.45) is -3.50. The molecule has 3 atom stereocenters. The lowest BCUT2D eigenvalue weighted by atomic mass is 9.77. The van der Waals surface area contributed by atoms with E-state index in [1.807, 2.05) is 4.90 Å². The van der Waals surface area contributed by atoms with Crippen LogP contribution in [0.2, 0.25) is 5.02 Å². The molecule has 0 spiro atoms. The Balaban J connectivity index is 1.59. The number of aromatic nitrogens is 2. The number of sulfonamides is 1. The summed E-state index contributed by atoms with van der Waals surface area (Å²) in [7, 11) is -1.50. The van der Waals surface area contributed by atoms with Gasteiger partial charge in [0.1, 0.15) is 22.9 Å². The summed E-state index contributed by atoms with van der Waals surface area (Å²) in [4.78, 5) is 19.8. The third-order valence-electron chi connectivity index (χ3n) is 7.03. The van der Waals surface area contributed by atoms with Crippen molar-refractivity contribution in [3.05, 3.63) is 76.7 Å². The van der Waals surface area contributed by atoms with Crippen LogP contribution < -0.4 is 9.62 Å². The molecule has 42 heavy (non-hydrogen) atoms. The zero-order chi connectivity index (χ0) is 31.0. The number of rotatable bonds is 7. The van der Waals surface area contributed by atoms with E-state index < -0.39 is 62.2 Å². The number of likely N-dealkylation sites (N-methyl/N-ethyl adjacent to an activating group) is 1. The SMILES string of the molecule is CN(C)[C@H]1C[C@@H](c2cc(F)cc(C(F)(F)F)c2)CC[C@@H]1Nc1cc(F)c(S(=O)(=O)N(C(=O)O)c2ccncn2)cc1Cl. The Morgan fingerprint density at radius 2 is 1.83 bits per heavy atom. The number of nitrogens with zero attached hydrogens (tertiary/aromatic N) is 4. The van der Waals surface area contributed by atoms with E-state index in [1.165, 1.54) is 0 Å². The maximum Gasteiger partial charge on any atom is 0.427 e. The van der Waals surface area contributed by atoms with Gasteiger partial charge in [-0.15, -0.1) is 0 Å². The highest BCUT2D eigenvalue weighted by Gasteiger charge is 2.38. The van der Waals surface area contributed by atoms with Crippen LogP contribution in [-0.2, 0) is 16.2 Å². The highest BCUT2D eigenvalue weighted by Crippen LogP contribution is 2.40. The van der Waals surface area contributed by atoms with Gasteiger partial charge in [-0.3, -0.25) is 0 Å². The molecular formula is C26H25ClF5N5O4S. The summed E-state index contributed by atoms with van der Waals surface area (Å²) in [5, 5.41) is 12.4. The molecule has 9 nitrogen and oxygen atoms in total. The fourth-order valence-electron chi connectivity index (χ4n) is 5.06. The number of amides is 1. The number of hydrogen-bond donors (Lipinski definition) is 2. The van der Waals surface area contributed by atoms with Crippen molar-refractivity contribution in [1.82, 2.24) is 14.9 Å². The Morgan fingerprint density at radius 3 is 2.43 bits per heavy atom. The molecule has 1 aromatic heterocycles. The molecule has 1 saturated carbocycles. The molecule has 1 amide bonds. The molecule has 16 heteroatoms. The van der Waals surface area contributed by atoms with Gasteiger partial charge < -0.3 is 15.3 Å². The molecule has 1 aliphatic carbocycles. The average Bonchev–Trinajstić information content (AvgIpc) is 2.90. The fourth-order valence-corrected chi connectivity index (χ4v) is 6.67. The Labute approximate surface area is 243 Å². The van der Waals surface area contributed by atoms with E-state index >= 15 is 4.39 Å². The van der Waals surface area contributed by atoms with Crippen molar-refractivity contribution < 1.29 is 40.3 Å². The minimum atomic E-state index is -5.00. The molecule has 0 aliphatic heterocycles. The van der Waals surface area contributed by atoms with E-state index in [-0.39, 0.29) is 26.6 Å². The number of carbonyl (C=O) groups is 1. The van der Waals surface area contributed by atoms with Gasteiger partial charge in [-0.2, -0.15) is 17.5 Å². The molecule has 0 radical (unpaired) electrons. The third kappa shape index (κ3) is 6.57. The smallest absolute Gasteiger partial charge is 0.427 e. The molecule has 2 aromatic carbocycles. The molecule has 0 bridgehead atoms. The second kappa shape index (κ2) is 12.0. The standard InChI is InChI=1S/C26H25ClF5N5O4S/c1-36(2)22-9-14(15-7-16(26(30,31)32)10-17(28)8-15)3-4-20(22)35-21-12-19(29)23(11-18(21)27)42(40,41)37(25(38)39)24-5-6-33-13-34-24/h5-8,10-14,20,22,35H,3-4,9H2,1-2H3,(H,38,39)/t14-,20-,22-/m0/s1. The first-order valence-electron chi connectivity index (χ1n) is 12.4. The van der Waals surface area contributed by atoms with E-state index in [0.29, 0.717) is 25.3 Å². The quantitative estimate of drug-likeness (QED) is 0.306. The van der Waals surface area contributed by atoms with Gasteiger partial charge in [0.15, 0.2) is 5.82 Å². The average molecular weight is 634 g/mol. The van der Waals surface area contributed by atoms with Gasteiger partial charge in [-0.25, -0.2) is 32.0 Å². The van der Waals surface area contributed by atoms with Crippen LogP contribution in [0, 0.1) is 11.6 Å². The number of carboxylic acid groups (broad SMARTS) is 1. The second-order valence-corrected chi connectivity index (χ2v) is 12.1. The minimum absolute atomic E-state index is 0.0254. The van der Waals surface area contributed by atoms with Gasteiger partial charge in [0, 0.05) is 24.3 Å². The maximum atomic E-state index is 15.3. The van der Waals surface area contributed by atoms with Gasteiger partial charge in [0.2, 0.25) is 0 Å². The zero-order valence-electron chi connectivity index (χ0n) is 22.1. The van der Waals surface area contributed by atoms with Crippen LogP contribution in [0.5, 0.6) is 0 Å². The molecule has 0 saturated heterocycles. The topological polar surface area (TPSA) is 116 Å². The lowest BCUT2D eigenvalue weighted by molar-refractivity contribution is -0.137. The molecule has 4 rings (SSSR count). The van der Waals surface area contributed by atoms with Crippen molar-refractivity contribution in [2.24, 2.45) is 0 Å². The predicted molar refractivity (Wildman–Crippen MR) is 144 cm³/mol. The van der Waals surface area contributed by atoms with Crippen molar-refractivity contribution in [2.75, 3.05) is 23.7 Å². The number of hydrogen-bond acceptors (Lipinski definition) is 7. The Morgan fingerprint density at radius 1 is 1.12 bits per heavy atom. The van der Waals surface area contributed by atoms with Crippen molar-refractivity contribution in [3.63, 3.8) is 0 Å². The normalized spacial score (nSPS) is 19.5. The van der Waals surface area contributed by atoms with Crippen molar-refractivity contribution in [2.45, 2.75) is 48.3 Å². The van der Waals surface area contributed by atoms with Crippen LogP contribution >= 0.6 is 11.6 Å². The molecule has 3 aromatic rings. The number of nitrogens with one attached hydrogen (secondary N) is 1. The first-order chi connectivity index (χ1) is 19.6. The van der Waals surface area contributed by atoms with Crippen molar-refractivity contribution in [1.29, 1.82) is 0 Å². The minimum Gasteiger partial charge on any atom is -0.464 e. The lowest BCUT2D eigenvalue weighted by Crippen LogP contribution is -2.47. The number of anilines is 2. The first kappa shape index (κ1) is 31.4. The van der Waals surface area contributed by atoms with Crippen LogP contribution in [-0.4, -0.2) is 60.7 Å². The zero-order valence-corrected chi connectivity index (χ0v) is 23.7. The van der Waals surface area contributed by atoms with Crippen LogP contribution in [0.1, 0.15) is 36.3 Å². The largest absolute Gasteiger partial charge is 0.464 e. The third-order valence-corrected chi connectivity index (χ3v) is 9.03. The van der Waals surface area contributed by atoms with Crippen LogP contribution in [0.3, 0.4) is 0 Å². The van der Waals surface area contributed by atoms with Gasteiger partial charge in [-0.1, -0.05) is 11.6 Å². The Bertz CT molecular complexity index is 1580. The lowest BCUT2D eigenvalue weighted by Gasteiger charge is -2.41. The number of benzene rings is 2. The highest BCUT2D eigenvalue weighted by atomic mass is 35.5. The van der Waals surface area contributed by atoms with E-state index in [9.17, 15) is 35.9 Å². The van der Waals surface area contributed by atoms with Crippen LogP contribution in [0.15, 0.2) is 53.8 Å². The summed E-state index contributed by atoms with van der Waals surface area (Å²) in [6.45, 7) is 0. The van der Waals surface area contributed by atoms with Crippen LogP contribution in [0.25, 0.3) is 0 Å². The van der Waals surface area contributed by atoms with E-state index in [1.54, 1.807) is 14.1 Å². The summed E-state index contributed by atoms with van der Waals surface area (Å²) in [6, 6.07) is 4.40. The van der Waals surface area contributed by atoms with E-state index in [4.69, 9.17) is 11.6 Å². The van der Waals surface area contributed by atoms with Gasteiger partial charge in [-0.05, 0) is 75.2 Å². The van der Waals surface area contributed by atoms with Gasteiger partial charge in [0.05, 0.1) is 16.3 Å². The highest BCUT2D eigenvalue weighted by molar-refractivity contribution is 7.93. The summed E-state index contributed by atoms with van der Waals surface area (Å²) in [5.41, 5.74) is -0.826. The van der Waals surface area contributed by atoms with Crippen molar-refractivity contribution in [3.8, 4) is 0 Å². The summed E-state index contributed by atoms with van der Waals surface area (Å²) in [5.74, 6) is -3.19. The molecular weight excluding hydrogens is 609 g/mol. The number of halogens is 6. The molecule has 0 unspecified atom stereocenters. The van der Waals surface area contributed by atoms with E-state index in [0.717, 1.165) is 42.9 Å². The number of alkyl halides is 3. The van der Waals surface area contributed by atoms with E-state index in [2.05, 4.69) is 15.3 Å². The summed E-state index contributed by atoms with van der Waals surface area (Å²) >= 11 is 6.34. The molecule has 1 fully saturated rings. The molecule has 1 aliphatic rings. The molecule has 1 heterocycles. The Hall–Kier alpha value is -3.56. The maximum absolute atomic E-state index is 15.3. The Kier molecular flexibility index (Phi) is 8.94. The first-order valence-corrected chi connectivity index (χ1v) is 14.3. The monoisotopic (exact) mass is 633 g/mol. The van der Waals surface area contributed by atoms with Gasteiger partial charge in [0.25, 0.3) is 10.0 Å². The fraction of sp³-hybridized carbons (Fsp3) is 0.346. The predicted octanol–water partition coefficient (Wildman–Crippen LogP) is 5.98. The summed E-state index contributed by atoms with van der Waals surface area (Å²) < 4.78 is 95.3. The van der Waals surface area contributed by atoms with Gasteiger partial charge >= 0.3 is 12.3 Å². The second-order valence-electron chi connectivity index (χ2n) is 9.94.